The number of halogens is 1. The Morgan fingerprint density at radius 3 is 2.25 bits per heavy atom. The zero-order chi connectivity index (χ0) is 6.62. The maximum atomic E-state index is 9.00. The fourth-order valence-electron chi connectivity index (χ4n) is 0.333. The molecule has 0 aliphatic rings. The molecule has 48 valence electrons. The summed E-state index contributed by atoms with van der Waals surface area (Å²) in [5.41, 5.74) is -0.713. The average Bonchev–Trinajstić information content (AvgIpc) is 1.59. The van der Waals surface area contributed by atoms with Gasteiger partial charge >= 0.3 is 0 Å². The zero-order valence-electron chi connectivity index (χ0n) is 5.19. The lowest BCUT2D eigenvalue weighted by atomic mass is 10.1. The van der Waals surface area contributed by atoms with Crippen molar-refractivity contribution < 1.29 is 5.11 Å². The summed E-state index contributed by atoms with van der Waals surface area (Å²) in [6.07, 6.45) is 3.39. The van der Waals surface area contributed by atoms with E-state index in [4.69, 9.17) is 16.7 Å². The van der Waals surface area contributed by atoms with Gasteiger partial charge in [-0.25, -0.2) is 0 Å². The lowest BCUT2D eigenvalue weighted by Crippen LogP contribution is -2.13. The standard InChI is InChI=1S/C6H11ClO/c1-6(2,8)4-3-5-7/h3-4,8H,5H2,1-2H3/b4-3+. The molecule has 0 atom stereocenters. The number of hydrogen-bond donors (Lipinski definition) is 1. The summed E-state index contributed by atoms with van der Waals surface area (Å²) < 4.78 is 0. The minimum atomic E-state index is -0.713. The summed E-state index contributed by atoms with van der Waals surface area (Å²) in [6, 6.07) is 0. The topological polar surface area (TPSA) is 20.2 Å². The second-order valence-electron chi connectivity index (χ2n) is 2.21. The van der Waals surface area contributed by atoms with Crippen LogP contribution in [0.15, 0.2) is 12.2 Å². The van der Waals surface area contributed by atoms with E-state index >= 15 is 0 Å². The van der Waals surface area contributed by atoms with Crippen LogP contribution in [0.2, 0.25) is 0 Å². The average molecular weight is 135 g/mol. The van der Waals surface area contributed by atoms with E-state index in [0.29, 0.717) is 5.88 Å². The lowest BCUT2D eigenvalue weighted by Gasteiger charge is -2.08. The molecule has 2 heteroatoms. The van der Waals surface area contributed by atoms with Crippen molar-refractivity contribution in [1.29, 1.82) is 0 Å². The monoisotopic (exact) mass is 134 g/mol. The van der Waals surface area contributed by atoms with Gasteiger partial charge in [-0.15, -0.1) is 11.6 Å². The third-order valence-electron chi connectivity index (χ3n) is 0.615. The highest BCUT2D eigenvalue weighted by Gasteiger charge is 2.04. The molecule has 0 aromatic carbocycles. The van der Waals surface area contributed by atoms with Crippen LogP contribution in [0.5, 0.6) is 0 Å². The molecular formula is C6H11ClO. The van der Waals surface area contributed by atoms with Crippen LogP contribution in [0.3, 0.4) is 0 Å². The van der Waals surface area contributed by atoms with Crippen molar-refractivity contribution in [3.05, 3.63) is 12.2 Å². The Morgan fingerprint density at radius 1 is 1.62 bits per heavy atom. The highest BCUT2D eigenvalue weighted by molar-refractivity contribution is 6.18. The second kappa shape index (κ2) is 3.10. The van der Waals surface area contributed by atoms with E-state index in [9.17, 15) is 0 Å². The van der Waals surface area contributed by atoms with Crippen LogP contribution in [0, 0.1) is 0 Å². The van der Waals surface area contributed by atoms with Crippen LogP contribution in [0.4, 0.5) is 0 Å². The molecule has 1 N–H and O–H groups in total. The molecule has 0 saturated carbocycles. The second-order valence-corrected chi connectivity index (χ2v) is 2.52. The fraction of sp³-hybridized carbons (Fsp3) is 0.667. The predicted molar refractivity (Wildman–Crippen MR) is 36.2 cm³/mol. The van der Waals surface area contributed by atoms with Crippen LogP contribution in [-0.4, -0.2) is 16.6 Å². The number of aliphatic hydroxyl groups is 1. The number of alkyl halides is 1. The minimum Gasteiger partial charge on any atom is -0.386 e. The SMILES string of the molecule is CC(C)(O)/C=C/CCl. The van der Waals surface area contributed by atoms with Crippen molar-refractivity contribution in [2.75, 3.05) is 5.88 Å². The van der Waals surface area contributed by atoms with Gasteiger partial charge in [-0.1, -0.05) is 12.2 Å². The molecule has 0 radical (unpaired) electrons. The molecule has 0 aromatic heterocycles. The van der Waals surface area contributed by atoms with Crippen molar-refractivity contribution in [3.8, 4) is 0 Å². The van der Waals surface area contributed by atoms with Gasteiger partial charge < -0.3 is 5.11 Å². The lowest BCUT2D eigenvalue weighted by molar-refractivity contribution is 0.133. The van der Waals surface area contributed by atoms with Gasteiger partial charge in [0.05, 0.1) is 5.60 Å². The fourth-order valence-corrected chi connectivity index (χ4v) is 0.422. The first-order valence-electron chi connectivity index (χ1n) is 2.52. The summed E-state index contributed by atoms with van der Waals surface area (Å²) >= 11 is 5.31. The molecule has 0 spiro atoms. The van der Waals surface area contributed by atoms with Crippen molar-refractivity contribution in [3.63, 3.8) is 0 Å². The molecule has 0 amide bonds. The summed E-state index contributed by atoms with van der Waals surface area (Å²) in [5, 5.41) is 9.00. The highest BCUT2D eigenvalue weighted by Crippen LogP contribution is 2.01. The third kappa shape index (κ3) is 5.99. The van der Waals surface area contributed by atoms with Crippen LogP contribution in [0.1, 0.15) is 13.8 Å². The number of allylic oxidation sites excluding steroid dienone is 1. The van der Waals surface area contributed by atoms with E-state index in [0.717, 1.165) is 0 Å². The van der Waals surface area contributed by atoms with E-state index in [2.05, 4.69) is 0 Å². The van der Waals surface area contributed by atoms with Gasteiger partial charge in [0.15, 0.2) is 0 Å². The molecular weight excluding hydrogens is 124 g/mol. The minimum absolute atomic E-state index is 0.462. The maximum absolute atomic E-state index is 9.00. The highest BCUT2D eigenvalue weighted by atomic mass is 35.5. The van der Waals surface area contributed by atoms with Gasteiger partial charge in [0.1, 0.15) is 0 Å². The molecule has 0 saturated heterocycles. The normalized spacial score (nSPS) is 13.0. The molecule has 1 nitrogen and oxygen atoms in total. The van der Waals surface area contributed by atoms with Gasteiger partial charge in [-0.05, 0) is 13.8 Å². The van der Waals surface area contributed by atoms with E-state index < -0.39 is 5.60 Å². The molecule has 8 heavy (non-hydrogen) atoms. The summed E-state index contributed by atoms with van der Waals surface area (Å²) in [7, 11) is 0. The van der Waals surface area contributed by atoms with Gasteiger partial charge in [-0.2, -0.15) is 0 Å². The molecule has 0 aliphatic carbocycles. The van der Waals surface area contributed by atoms with Gasteiger partial charge in [0.2, 0.25) is 0 Å². The zero-order valence-corrected chi connectivity index (χ0v) is 5.94. The first-order chi connectivity index (χ1) is 3.56. The molecule has 0 fully saturated rings. The third-order valence-corrected chi connectivity index (χ3v) is 0.793. The predicted octanol–water partition coefficient (Wildman–Crippen LogP) is 1.55. The van der Waals surface area contributed by atoms with E-state index in [1.807, 2.05) is 0 Å². The van der Waals surface area contributed by atoms with Crippen molar-refractivity contribution in [2.24, 2.45) is 0 Å². The summed E-state index contributed by atoms with van der Waals surface area (Å²) in [5.74, 6) is 0.462. The summed E-state index contributed by atoms with van der Waals surface area (Å²) in [4.78, 5) is 0. The van der Waals surface area contributed by atoms with E-state index in [1.54, 1.807) is 26.0 Å². The summed E-state index contributed by atoms with van der Waals surface area (Å²) in [6.45, 7) is 3.41. The number of hydrogen-bond acceptors (Lipinski definition) is 1. The van der Waals surface area contributed by atoms with Crippen LogP contribution in [0.25, 0.3) is 0 Å². The molecule has 0 bridgehead atoms. The number of rotatable bonds is 2. The largest absolute Gasteiger partial charge is 0.386 e. The van der Waals surface area contributed by atoms with Gasteiger partial charge in [0.25, 0.3) is 0 Å². The Labute approximate surface area is 55.0 Å². The Kier molecular flexibility index (Phi) is 3.10. The Hall–Kier alpha value is -0.0100. The first kappa shape index (κ1) is 7.99. The maximum Gasteiger partial charge on any atom is 0.0772 e. The Morgan fingerprint density at radius 2 is 2.12 bits per heavy atom. The van der Waals surface area contributed by atoms with E-state index in [1.165, 1.54) is 0 Å². The first-order valence-corrected chi connectivity index (χ1v) is 3.06. The molecule has 0 aliphatic heterocycles. The quantitative estimate of drug-likeness (QED) is 0.449. The van der Waals surface area contributed by atoms with Gasteiger partial charge in [-0.3, -0.25) is 0 Å². The Bertz CT molecular complexity index is 81.0. The van der Waals surface area contributed by atoms with Crippen LogP contribution < -0.4 is 0 Å². The molecule has 0 unspecified atom stereocenters. The van der Waals surface area contributed by atoms with Crippen molar-refractivity contribution >= 4 is 11.6 Å². The van der Waals surface area contributed by atoms with Crippen molar-refractivity contribution in [2.45, 2.75) is 19.4 Å². The van der Waals surface area contributed by atoms with Gasteiger partial charge in [0, 0.05) is 5.88 Å². The Balaban J connectivity index is 3.52. The van der Waals surface area contributed by atoms with E-state index in [-0.39, 0.29) is 0 Å². The smallest absolute Gasteiger partial charge is 0.0772 e. The van der Waals surface area contributed by atoms with Crippen LogP contribution >= 0.6 is 11.6 Å². The van der Waals surface area contributed by atoms with Crippen LogP contribution in [-0.2, 0) is 0 Å². The molecule has 0 rings (SSSR count). The van der Waals surface area contributed by atoms with Crippen molar-refractivity contribution in [1.82, 2.24) is 0 Å². The molecule has 0 aromatic rings. The molecule has 0 heterocycles.